The Balaban J connectivity index is 1.54. The molecule has 2 aromatic rings. The Morgan fingerprint density at radius 2 is 2.25 bits per heavy atom. The van der Waals surface area contributed by atoms with Gasteiger partial charge in [0, 0.05) is 24.5 Å². The number of hydrogen-bond donors (Lipinski definition) is 3. The molecule has 1 aliphatic carbocycles. The van der Waals surface area contributed by atoms with E-state index in [-0.39, 0.29) is 24.1 Å². The van der Waals surface area contributed by atoms with Gasteiger partial charge in [0.2, 0.25) is 0 Å². The molecule has 1 aliphatic rings. The number of urea groups is 1. The molecule has 24 heavy (non-hydrogen) atoms. The number of amides is 2. The van der Waals surface area contributed by atoms with E-state index in [9.17, 15) is 9.90 Å². The maximum atomic E-state index is 12.2. The van der Waals surface area contributed by atoms with E-state index < -0.39 is 0 Å². The molecule has 0 saturated heterocycles. The van der Waals surface area contributed by atoms with Gasteiger partial charge in [-0.15, -0.1) is 0 Å². The summed E-state index contributed by atoms with van der Waals surface area (Å²) < 4.78 is 2.11. The maximum absolute atomic E-state index is 12.2. The minimum absolute atomic E-state index is 0.0401. The molecule has 0 bridgehead atoms. The van der Waals surface area contributed by atoms with Crippen LogP contribution in [-0.4, -0.2) is 39.9 Å². The summed E-state index contributed by atoms with van der Waals surface area (Å²) in [6, 6.07) is 7.89. The molecule has 1 aromatic heterocycles. The summed E-state index contributed by atoms with van der Waals surface area (Å²) in [5, 5.41) is 15.5. The number of para-hydroxylation sites is 2. The number of rotatable bonds is 5. The number of aliphatic hydroxyl groups excluding tert-OH is 1. The SMILES string of the molecule is Cc1nc2ccccc2n1CCNC(=O)NC1CCCC1(C)CO. The molecule has 2 amide bonds. The number of aliphatic hydroxyl groups is 1. The highest BCUT2D eigenvalue weighted by Gasteiger charge is 2.39. The third-order valence-corrected chi connectivity index (χ3v) is 5.21. The zero-order valence-electron chi connectivity index (χ0n) is 14.4. The monoisotopic (exact) mass is 330 g/mol. The average molecular weight is 330 g/mol. The van der Waals surface area contributed by atoms with Crippen LogP contribution in [0.25, 0.3) is 11.0 Å². The molecule has 3 rings (SSSR count). The van der Waals surface area contributed by atoms with E-state index in [4.69, 9.17) is 0 Å². The zero-order valence-corrected chi connectivity index (χ0v) is 14.4. The number of nitrogens with zero attached hydrogens (tertiary/aromatic N) is 2. The van der Waals surface area contributed by atoms with Crippen LogP contribution in [-0.2, 0) is 6.54 Å². The van der Waals surface area contributed by atoms with Crippen LogP contribution in [0.4, 0.5) is 4.79 Å². The van der Waals surface area contributed by atoms with E-state index in [0.717, 1.165) is 36.1 Å². The summed E-state index contributed by atoms with van der Waals surface area (Å²) >= 11 is 0. The van der Waals surface area contributed by atoms with E-state index in [2.05, 4.69) is 20.2 Å². The Bertz CT molecular complexity index is 727. The molecular formula is C18H26N4O2. The summed E-state index contributed by atoms with van der Waals surface area (Å²) in [7, 11) is 0. The van der Waals surface area contributed by atoms with Crippen LogP contribution in [0.15, 0.2) is 24.3 Å². The van der Waals surface area contributed by atoms with E-state index in [1.807, 2.05) is 38.1 Å². The summed E-state index contributed by atoms with van der Waals surface area (Å²) in [4.78, 5) is 16.7. The van der Waals surface area contributed by atoms with Gasteiger partial charge < -0.3 is 20.3 Å². The van der Waals surface area contributed by atoms with Gasteiger partial charge in [0.05, 0.1) is 17.6 Å². The Kier molecular flexibility index (Phi) is 4.76. The number of aromatic nitrogens is 2. The van der Waals surface area contributed by atoms with Crippen molar-refractivity contribution in [2.75, 3.05) is 13.2 Å². The highest BCUT2D eigenvalue weighted by molar-refractivity contribution is 5.76. The lowest BCUT2D eigenvalue weighted by Crippen LogP contribution is -2.49. The Labute approximate surface area is 142 Å². The normalized spacial score (nSPS) is 23.5. The number of hydrogen-bond acceptors (Lipinski definition) is 3. The lowest BCUT2D eigenvalue weighted by molar-refractivity contribution is 0.121. The van der Waals surface area contributed by atoms with Crippen molar-refractivity contribution in [2.45, 2.75) is 45.7 Å². The number of fused-ring (bicyclic) bond motifs is 1. The first kappa shape index (κ1) is 16.8. The van der Waals surface area contributed by atoms with Gasteiger partial charge >= 0.3 is 6.03 Å². The largest absolute Gasteiger partial charge is 0.396 e. The molecule has 0 spiro atoms. The lowest BCUT2D eigenvalue weighted by atomic mass is 9.86. The summed E-state index contributed by atoms with van der Waals surface area (Å²) in [6.07, 6.45) is 2.92. The fraction of sp³-hybridized carbons (Fsp3) is 0.556. The highest BCUT2D eigenvalue weighted by atomic mass is 16.3. The van der Waals surface area contributed by atoms with Crippen molar-refractivity contribution >= 4 is 17.1 Å². The molecule has 2 atom stereocenters. The Morgan fingerprint density at radius 3 is 3.04 bits per heavy atom. The third kappa shape index (κ3) is 3.24. The average Bonchev–Trinajstić information content (AvgIpc) is 3.09. The first-order valence-electron chi connectivity index (χ1n) is 8.60. The molecular weight excluding hydrogens is 304 g/mol. The predicted molar refractivity (Wildman–Crippen MR) is 93.8 cm³/mol. The van der Waals surface area contributed by atoms with Crippen molar-refractivity contribution in [3.8, 4) is 0 Å². The standard InChI is InChI=1S/C18H26N4O2/c1-13-20-14-6-3-4-7-15(14)22(13)11-10-19-17(24)21-16-8-5-9-18(16,2)12-23/h3-4,6-7,16,23H,5,8-12H2,1-2H3,(H2,19,21,24). The fourth-order valence-electron chi connectivity index (χ4n) is 3.64. The molecule has 2 unspecified atom stereocenters. The van der Waals surface area contributed by atoms with Gasteiger partial charge in [-0.2, -0.15) is 0 Å². The van der Waals surface area contributed by atoms with E-state index >= 15 is 0 Å². The number of carbonyl (C=O) groups excluding carboxylic acids is 1. The first-order valence-corrected chi connectivity index (χ1v) is 8.60. The molecule has 130 valence electrons. The van der Waals surface area contributed by atoms with Crippen LogP contribution < -0.4 is 10.6 Å². The Morgan fingerprint density at radius 1 is 1.46 bits per heavy atom. The maximum Gasteiger partial charge on any atom is 0.315 e. The zero-order chi connectivity index (χ0) is 17.2. The van der Waals surface area contributed by atoms with Crippen LogP contribution in [0.3, 0.4) is 0 Å². The van der Waals surface area contributed by atoms with Crippen molar-refractivity contribution in [3.05, 3.63) is 30.1 Å². The summed E-state index contributed by atoms with van der Waals surface area (Å²) in [6.45, 7) is 5.34. The fourth-order valence-corrected chi connectivity index (χ4v) is 3.64. The van der Waals surface area contributed by atoms with Gasteiger partial charge in [0.1, 0.15) is 5.82 Å². The molecule has 1 heterocycles. The second-order valence-corrected chi connectivity index (χ2v) is 6.96. The predicted octanol–water partition coefficient (Wildman–Crippen LogP) is 2.20. The smallest absolute Gasteiger partial charge is 0.315 e. The van der Waals surface area contributed by atoms with Gasteiger partial charge in [0.15, 0.2) is 0 Å². The van der Waals surface area contributed by atoms with E-state index in [1.165, 1.54) is 0 Å². The molecule has 3 N–H and O–H groups in total. The van der Waals surface area contributed by atoms with Crippen LogP contribution in [0, 0.1) is 12.3 Å². The number of nitrogens with one attached hydrogen (secondary N) is 2. The van der Waals surface area contributed by atoms with Crippen molar-refractivity contribution < 1.29 is 9.90 Å². The van der Waals surface area contributed by atoms with E-state index in [1.54, 1.807) is 0 Å². The van der Waals surface area contributed by atoms with Crippen LogP contribution >= 0.6 is 0 Å². The topological polar surface area (TPSA) is 79.2 Å². The number of carbonyl (C=O) groups is 1. The molecule has 1 saturated carbocycles. The molecule has 6 nitrogen and oxygen atoms in total. The molecule has 0 radical (unpaired) electrons. The minimum Gasteiger partial charge on any atom is -0.396 e. The second-order valence-electron chi connectivity index (χ2n) is 6.96. The van der Waals surface area contributed by atoms with E-state index in [0.29, 0.717) is 13.1 Å². The van der Waals surface area contributed by atoms with Gasteiger partial charge in [-0.1, -0.05) is 25.5 Å². The number of aryl methyl sites for hydroxylation is 1. The second kappa shape index (κ2) is 6.81. The molecule has 1 fully saturated rings. The summed E-state index contributed by atoms with van der Waals surface area (Å²) in [5.41, 5.74) is 1.86. The molecule has 6 heteroatoms. The van der Waals surface area contributed by atoms with Gasteiger partial charge in [-0.25, -0.2) is 9.78 Å². The summed E-state index contributed by atoms with van der Waals surface area (Å²) in [5.74, 6) is 0.946. The first-order chi connectivity index (χ1) is 11.5. The van der Waals surface area contributed by atoms with Crippen LogP contribution in [0.2, 0.25) is 0 Å². The quantitative estimate of drug-likeness (QED) is 0.786. The van der Waals surface area contributed by atoms with Gasteiger partial charge in [-0.3, -0.25) is 0 Å². The third-order valence-electron chi connectivity index (χ3n) is 5.21. The van der Waals surface area contributed by atoms with Crippen molar-refractivity contribution in [1.82, 2.24) is 20.2 Å². The van der Waals surface area contributed by atoms with Crippen molar-refractivity contribution in [2.24, 2.45) is 5.41 Å². The highest BCUT2D eigenvalue weighted by Crippen LogP contribution is 2.37. The van der Waals surface area contributed by atoms with Crippen molar-refractivity contribution in [3.63, 3.8) is 0 Å². The van der Waals surface area contributed by atoms with Crippen LogP contribution in [0.1, 0.15) is 32.0 Å². The Hall–Kier alpha value is -2.08. The number of benzene rings is 1. The number of imidazole rings is 1. The molecule has 0 aliphatic heterocycles. The van der Waals surface area contributed by atoms with Crippen LogP contribution in [0.5, 0.6) is 0 Å². The molecule has 1 aromatic carbocycles. The van der Waals surface area contributed by atoms with Crippen molar-refractivity contribution in [1.29, 1.82) is 0 Å². The van der Waals surface area contributed by atoms with Gasteiger partial charge in [-0.05, 0) is 31.9 Å². The minimum atomic E-state index is -0.200. The lowest BCUT2D eigenvalue weighted by Gasteiger charge is -2.30. The van der Waals surface area contributed by atoms with Gasteiger partial charge in [0.25, 0.3) is 0 Å².